The molecule has 0 amide bonds. The van der Waals surface area contributed by atoms with Gasteiger partial charge in [0.15, 0.2) is 0 Å². The standard InChI is InChI=1S/C17H27NO/c1-3-18-17(15-9-7-14(2)8-10-15)12-11-16-6-4-5-13-19-16/h7-10,16-18H,3-6,11-13H2,1-2H3. The third kappa shape index (κ3) is 4.63. The van der Waals surface area contributed by atoms with Crippen LogP contribution in [0.3, 0.4) is 0 Å². The van der Waals surface area contributed by atoms with E-state index in [9.17, 15) is 0 Å². The van der Waals surface area contributed by atoms with Crippen LogP contribution in [0, 0.1) is 6.92 Å². The van der Waals surface area contributed by atoms with Gasteiger partial charge in [0.05, 0.1) is 6.10 Å². The average molecular weight is 261 g/mol. The van der Waals surface area contributed by atoms with E-state index >= 15 is 0 Å². The lowest BCUT2D eigenvalue weighted by Crippen LogP contribution is -2.25. The summed E-state index contributed by atoms with van der Waals surface area (Å²) in [7, 11) is 0. The highest BCUT2D eigenvalue weighted by atomic mass is 16.5. The number of hydrogen-bond acceptors (Lipinski definition) is 2. The Balaban J connectivity index is 1.89. The van der Waals surface area contributed by atoms with E-state index in [0.717, 1.165) is 13.2 Å². The first-order valence-electron chi connectivity index (χ1n) is 7.71. The smallest absolute Gasteiger partial charge is 0.0575 e. The normalized spacial score (nSPS) is 21.3. The average Bonchev–Trinajstić information content (AvgIpc) is 2.46. The first-order chi connectivity index (χ1) is 9.29. The Morgan fingerprint density at radius 2 is 2.05 bits per heavy atom. The number of aryl methyl sites for hydroxylation is 1. The van der Waals surface area contributed by atoms with Crippen molar-refractivity contribution >= 4 is 0 Å². The zero-order valence-electron chi connectivity index (χ0n) is 12.3. The molecule has 2 atom stereocenters. The van der Waals surface area contributed by atoms with Gasteiger partial charge in [-0.25, -0.2) is 0 Å². The van der Waals surface area contributed by atoms with Crippen molar-refractivity contribution in [2.45, 2.75) is 58.1 Å². The Kier molecular flexibility index (Phi) is 5.87. The minimum Gasteiger partial charge on any atom is -0.378 e. The van der Waals surface area contributed by atoms with Gasteiger partial charge in [0, 0.05) is 12.6 Å². The minimum absolute atomic E-state index is 0.469. The second-order valence-electron chi connectivity index (χ2n) is 5.59. The van der Waals surface area contributed by atoms with Crippen molar-refractivity contribution in [3.05, 3.63) is 35.4 Å². The summed E-state index contributed by atoms with van der Waals surface area (Å²) >= 11 is 0. The molecule has 1 N–H and O–H groups in total. The van der Waals surface area contributed by atoms with Crippen LogP contribution in [0.15, 0.2) is 24.3 Å². The third-order valence-corrected chi connectivity index (χ3v) is 3.98. The summed E-state index contributed by atoms with van der Waals surface area (Å²) in [6.07, 6.45) is 6.65. The van der Waals surface area contributed by atoms with Crippen LogP contribution in [-0.4, -0.2) is 19.3 Å². The molecule has 1 aliphatic heterocycles. The molecule has 1 aromatic rings. The number of rotatable bonds is 6. The van der Waals surface area contributed by atoms with Gasteiger partial charge in [-0.2, -0.15) is 0 Å². The highest BCUT2D eigenvalue weighted by molar-refractivity contribution is 5.24. The minimum atomic E-state index is 0.469. The maximum absolute atomic E-state index is 5.83. The summed E-state index contributed by atoms with van der Waals surface area (Å²) in [6, 6.07) is 9.39. The van der Waals surface area contributed by atoms with Crippen molar-refractivity contribution in [3.8, 4) is 0 Å². The van der Waals surface area contributed by atoms with Crippen molar-refractivity contribution in [1.82, 2.24) is 5.32 Å². The van der Waals surface area contributed by atoms with Crippen LogP contribution in [0.1, 0.15) is 56.2 Å². The molecule has 1 fully saturated rings. The van der Waals surface area contributed by atoms with Crippen molar-refractivity contribution in [3.63, 3.8) is 0 Å². The molecule has 0 bridgehead atoms. The molecule has 0 spiro atoms. The fraction of sp³-hybridized carbons (Fsp3) is 0.647. The van der Waals surface area contributed by atoms with Crippen LogP contribution < -0.4 is 5.32 Å². The van der Waals surface area contributed by atoms with E-state index in [4.69, 9.17) is 4.74 Å². The van der Waals surface area contributed by atoms with E-state index in [1.165, 1.54) is 43.2 Å². The maximum Gasteiger partial charge on any atom is 0.0575 e. The van der Waals surface area contributed by atoms with Gasteiger partial charge in [-0.15, -0.1) is 0 Å². The molecule has 1 heterocycles. The van der Waals surface area contributed by atoms with E-state index in [1.54, 1.807) is 0 Å². The van der Waals surface area contributed by atoms with E-state index in [-0.39, 0.29) is 0 Å². The van der Waals surface area contributed by atoms with E-state index in [2.05, 4.69) is 43.4 Å². The molecule has 1 saturated heterocycles. The van der Waals surface area contributed by atoms with Gasteiger partial charge in [0.25, 0.3) is 0 Å². The predicted molar refractivity (Wildman–Crippen MR) is 80.4 cm³/mol. The van der Waals surface area contributed by atoms with E-state index < -0.39 is 0 Å². The molecular weight excluding hydrogens is 234 g/mol. The molecule has 19 heavy (non-hydrogen) atoms. The summed E-state index contributed by atoms with van der Waals surface area (Å²) in [5, 5.41) is 3.60. The van der Waals surface area contributed by atoms with Crippen molar-refractivity contribution in [2.75, 3.05) is 13.2 Å². The molecule has 2 nitrogen and oxygen atoms in total. The van der Waals surface area contributed by atoms with Crippen molar-refractivity contribution < 1.29 is 4.74 Å². The highest BCUT2D eigenvalue weighted by Crippen LogP contribution is 2.24. The summed E-state index contributed by atoms with van der Waals surface area (Å²) in [5.41, 5.74) is 2.73. The van der Waals surface area contributed by atoms with Gasteiger partial charge in [-0.1, -0.05) is 36.8 Å². The molecule has 0 radical (unpaired) electrons. The lowest BCUT2D eigenvalue weighted by Gasteiger charge is -2.25. The fourth-order valence-electron chi connectivity index (χ4n) is 2.82. The van der Waals surface area contributed by atoms with Crippen LogP contribution in [-0.2, 0) is 4.74 Å². The number of nitrogens with one attached hydrogen (secondary N) is 1. The molecule has 0 aliphatic carbocycles. The van der Waals surface area contributed by atoms with Crippen molar-refractivity contribution in [1.29, 1.82) is 0 Å². The Morgan fingerprint density at radius 3 is 2.68 bits per heavy atom. The second kappa shape index (κ2) is 7.66. The summed E-state index contributed by atoms with van der Waals surface area (Å²) in [6.45, 7) is 6.30. The molecule has 0 aromatic heterocycles. The second-order valence-corrected chi connectivity index (χ2v) is 5.59. The monoisotopic (exact) mass is 261 g/mol. The lowest BCUT2D eigenvalue weighted by molar-refractivity contribution is 0.00856. The predicted octanol–water partition coefficient (Wildman–Crippen LogP) is 3.99. The number of hydrogen-bond donors (Lipinski definition) is 1. The largest absolute Gasteiger partial charge is 0.378 e. The molecule has 0 saturated carbocycles. The quantitative estimate of drug-likeness (QED) is 0.836. The molecule has 1 aromatic carbocycles. The third-order valence-electron chi connectivity index (χ3n) is 3.98. The first kappa shape index (κ1) is 14.5. The molecule has 106 valence electrons. The number of ether oxygens (including phenoxy) is 1. The maximum atomic E-state index is 5.83. The van der Waals surface area contributed by atoms with Crippen molar-refractivity contribution in [2.24, 2.45) is 0 Å². The molecule has 2 unspecified atom stereocenters. The molecular formula is C17H27NO. The Bertz CT molecular complexity index is 354. The fourth-order valence-corrected chi connectivity index (χ4v) is 2.82. The lowest BCUT2D eigenvalue weighted by atomic mass is 9.96. The molecule has 2 heteroatoms. The van der Waals surface area contributed by atoms with Crippen LogP contribution in [0.5, 0.6) is 0 Å². The Morgan fingerprint density at radius 1 is 1.26 bits per heavy atom. The SMILES string of the molecule is CCNC(CCC1CCCCO1)c1ccc(C)cc1. The summed E-state index contributed by atoms with van der Waals surface area (Å²) in [5.74, 6) is 0. The van der Waals surface area contributed by atoms with Gasteiger partial charge in [-0.05, 0) is 51.1 Å². The van der Waals surface area contributed by atoms with Crippen LogP contribution >= 0.6 is 0 Å². The topological polar surface area (TPSA) is 21.3 Å². The highest BCUT2D eigenvalue weighted by Gasteiger charge is 2.17. The van der Waals surface area contributed by atoms with Crippen LogP contribution in [0.2, 0.25) is 0 Å². The molecule has 2 rings (SSSR count). The van der Waals surface area contributed by atoms with E-state index in [0.29, 0.717) is 12.1 Å². The Hall–Kier alpha value is -0.860. The summed E-state index contributed by atoms with van der Waals surface area (Å²) in [4.78, 5) is 0. The number of benzene rings is 1. The molecule has 1 aliphatic rings. The zero-order valence-corrected chi connectivity index (χ0v) is 12.3. The first-order valence-corrected chi connectivity index (χ1v) is 7.71. The Labute approximate surface area is 117 Å². The van der Waals surface area contributed by atoms with Gasteiger partial charge in [0.2, 0.25) is 0 Å². The van der Waals surface area contributed by atoms with Gasteiger partial charge in [0.1, 0.15) is 0 Å². The van der Waals surface area contributed by atoms with Crippen LogP contribution in [0.25, 0.3) is 0 Å². The van der Waals surface area contributed by atoms with Crippen LogP contribution in [0.4, 0.5) is 0 Å². The van der Waals surface area contributed by atoms with Gasteiger partial charge < -0.3 is 10.1 Å². The summed E-state index contributed by atoms with van der Waals surface area (Å²) < 4.78 is 5.83. The van der Waals surface area contributed by atoms with Gasteiger partial charge >= 0.3 is 0 Å². The zero-order chi connectivity index (χ0) is 13.5. The van der Waals surface area contributed by atoms with Gasteiger partial charge in [-0.3, -0.25) is 0 Å². The van der Waals surface area contributed by atoms with E-state index in [1.807, 2.05) is 0 Å².